The monoisotopic (exact) mass is 338 g/mol. The van der Waals surface area contributed by atoms with Gasteiger partial charge in [0.05, 0.1) is 0 Å². The highest BCUT2D eigenvalue weighted by Crippen LogP contribution is 2.17. The summed E-state index contributed by atoms with van der Waals surface area (Å²) < 4.78 is 15.6. The molecule has 0 aliphatic rings. The molecule has 0 unspecified atom stereocenters. The molecule has 3 nitrogen and oxygen atoms in total. The average molecular weight is 339 g/mol. The highest BCUT2D eigenvalue weighted by atomic mass is 79.9. The van der Waals surface area contributed by atoms with Gasteiger partial charge in [0, 0.05) is 30.8 Å². The summed E-state index contributed by atoms with van der Waals surface area (Å²) in [5.74, 6) is -0.326. The zero-order chi connectivity index (χ0) is 14.7. The minimum absolute atomic E-state index is 0.0538. The van der Waals surface area contributed by atoms with Gasteiger partial charge in [-0.2, -0.15) is 0 Å². The van der Waals surface area contributed by atoms with Gasteiger partial charge in [0.15, 0.2) is 0 Å². The molecule has 0 atom stereocenters. The number of nitrogens with zero attached hydrogens (tertiary/aromatic N) is 2. The molecule has 0 saturated heterocycles. The van der Waals surface area contributed by atoms with Crippen molar-refractivity contribution in [2.24, 2.45) is 0 Å². The molecule has 1 amide bonds. The summed E-state index contributed by atoms with van der Waals surface area (Å²) in [7, 11) is 1.74. The van der Waals surface area contributed by atoms with Crippen molar-refractivity contribution in [2.75, 3.05) is 7.05 Å². The molecule has 2 rings (SSSR count). The molecule has 5 heteroatoms. The van der Waals surface area contributed by atoms with Crippen LogP contribution in [0.15, 0.2) is 41.0 Å². The van der Waals surface area contributed by atoms with Crippen LogP contribution in [0.25, 0.3) is 0 Å². The van der Waals surface area contributed by atoms with Crippen molar-refractivity contribution in [2.45, 2.75) is 20.0 Å². The standard InChI is InChI=1S/C15H16BrFN2O/c1-3-19-10-12(16)8-14(19)15(20)18(2)9-11-4-6-13(17)7-5-11/h4-8,10H,3,9H2,1-2H3. The normalized spacial score (nSPS) is 10.6. The van der Waals surface area contributed by atoms with Crippen molar-refractivity contribution in [3.05, 3.63) is 58.1 Å². The van der Waals surface area contributed by atoms with Crippen molar-refractivity contribution < 1.29 is 9.18 Å². The SMILES string of the molecule is CCn1cc(Br)cc1C(=O)N(C)Cc1ccc(F)cc1. The van der Waals surface area contributed by atoms with Crippen molar-refractivity contribution in [1.82, 2.24) is 9.47 Å². The molecule has 0 N–H and O–H groups in total. The Morgan fingerprint density at radius 3 is 2.60 bits per heavy atom. The minimum Gasteiger partial charge on any atom is -0.343 e. The van der Waals surface area contributed by atoms with Gasteiger partial charge in [-0.05, 0) is 46.6 Å². The number of aryl methyl sites for hydroxylation is 1. The van der Waals surface area contributed by atoms with Crippen LogP contribution in [0.4, 0.5) is 4.39 Å². The summed E-state index contributed by atoms with van der Waals surface area (Å²) in [5, 5.41) is 0. The average Bonchev–Trinajstić information content (AvgIpc) is 2.81. The molecule has 0 saturated carbocycles. The number of carbonyl (C=O) groups excluding carboxylic acids is 1. The van der Waals surface area contributed by atoms with Crippen LogP contribution in [-0.2, 0) is 13.1 Å². The maximum absolute atomic E-state index is 12.9. The van der Waals surface area contributed by atoms with Crippen LogP contribution in [0.2, 0.25) is 0 Å². The molecule has 0 bridgehead atoms. The van der Waals surface area contributed by atoms with Crippen LogP contribution in [-0.4, -0.2) is 22.4 Å². The van der Waals surface area contributed by atoms with E-state index in [-0.39, 0.29) is 11.7 Å². The third kappa shape index (κ3) is 3.28. The lowest BCUT2D eigenvalue weighted by Crippen LogP contribution is -2.28. The zero-order valence-corrected chi connectivity index (χ0v) is 13.0. The Hall–Kier alpha value is -1.62. The van der Waals surface area contributed by atoms with Crippen molar-refractivity contribution >= 4 is 21.8 Å². The van der Waals surface area contributed by atoms with E-state index in [4.69, 9.17) is 0 Å². The predicted octanol–water partition coefficient (Wildman–Crippen LogP) is 3.68. The van der Waals surface area contributed by atoms with Gasteiger partial charge in [0.1, 0.15) is 11.5 Å². The maximum atomic E-state index is 12.9. The van der Waals surface area contributed by atoms with Gasteiger partial charge in [0.2, 0.25) is 0 Å². The first-order valence-electron chi connectivity index (χ1n) is 6.37. The Morgan fingerprint density at radius 1 is 1.35 bits per heavy atom. The van der Waals surface area contributed by atoms with Gasteiger partial charge in [0.25, 0.3) is 5.91 Å². The zero-order valence-electron chi connectivity index (χ0n) is 11.4. The van der Waals surface area contributed by atoms with E-state index in [0.717, 1.165) is 16.6 Å². The number of rotatable bonds is 4. The largest absolute Gasteiger partial charge is 0.343 e. The molecule has 1 aromatic carbocycles. The van der Waals surface area contributed by atoms with E-state index in [0.29, 0.717) is 12.2 Å². The molecule has 0 aliphatic heterocycles. The lowest BCUT2D eigenvalue weighted by Gasteiger charge is -2.18. The molecular formula is C15H16BrFN2O. The second-order valence-electron chi connectivity index (χ2n) is 4.62. The Kier molecular flexibility index (Phi) is 4.60. The number of hydrogen-bond donors (Lipinski definition) is 0. The molecule has 106 valence electrons. The molecule has 20 heavy (non-hydrogen) atoms. The molecular weight excluding hydrogens is 323 g/mol. The smallest absolute Gasteiger partial charge is 0.270 e. The fourth-order valence-corrected chi connectivity index (χ4v) is 2.51. The molecule has 0 fully saturated rings. The first kappa shape index (κ1) is 14.8. The number of halogens is 2. The molecule has 2 aromatic rings. The third-order valence-electron chi connectivity index (χ3n) is 3.10. The summed E-state index contributed by atoms with van der Waals surface area (Å²) in [6.45, 7) is 3.17. The predicted molar refractivity (Wildman–Crippen MR) is 80.0 cm³/mol. The molecule has 1 aromatic heterocycles. The van der Waals surface area contributed by atoms with Gasteiger partial charge in [-0.3, -0.25) is 4.79 Å². The number of carbonyl (C=O) groups is 1. The molecule has 1 heterocycles. The van der Waals surface area contributed by atoms with Gasteiger partial charge >= 0.3 is 0 Å². The molecule has 0 spiro atoms. The van der Waals surface area contributed by atoms with E-state index in [9.17, 15) is 9.18 Å². The van der Waals surface area contributed by atoms with Crippen LogP contribution < -0.4 is 0 Å². The fourth-order valence-electron chi connectivity index (χ4n) is 2.05. The van der Waals surface area contributed by atoms with E-state index in [2.05, 4.69) is 15.9 Å². The number of amides is 1. The van der Waals surface area contributed by atoms with E-state index in [1.807, 2.05) is 23.8 Å². The first-order valence-corrected chi connectivity index (χ1v) is 7.16. The van der Waals surface area contributed by atoms with Crippen LogP contribution in [0.1, 0.15) is 23.0 Å². The number of hydrogen-bond acceptors (Lipinski definition) is 1. The Bertz CT molecular complexity index is 607. The summed E-state index contributed by atoms with van der Waals surface area (Å²) in [5.41, 5.74) is 1.54. The van der Waals surface area contributed by atoms with E-state index in [1.165, 1.54) is 12.1 Å². The van der Waals surface area contributed by atoms with Crippen LogP contribution in [0.3, 0.4) is 0 Å². The van der Waals surface area contributed by atoms with Crippen LogP contribution in [0, 0.1) is 5.82 Å². The highest BCUT2D eigenvalue weighted by molar-refractivity contribution is 9.10. The summed E-state index contributed by atoms with van der Waals surface area (Å²) in [6.07, 6.45) is 1.89. The quantitative estimate of drug-likeness (QED) is 0.834. The van der Waals surface area contributed by atoms with Crippen molar-refractivity contribution in [3.63, 3.8) is 0 Å². The van der Waals surface area contributed by atoms with Crippen molar-refractivity contribution in [1.29, 1.82) is 0 Å². The van der Waals surface area contributed by atoms with E-state index < -0.39 is 0 Å². The second-order valence-corrected chi connectivity index (χ2v) is 5.53. The maximum Gasteiger partial charge on any atom is 0.270 e. The molecule has 0 radical (unpaired) electrons. The fraction of sp³-hybridized carbons (Fsp3) is 0.267. The summed E-state index contributed by atoms with van der Waals surface area (Å²) >= 11 is 3.38. The van der Waals surface area contributed by atoms with Gasteiger partial charge < -0.3 is 9.47 Å². The Labute approximate surface area is 126 Å². The number of aromatic nitrogens is 1. The Morgan fingerprint density at radius 2 is 2.00 bits per heavy atom. The highest BCUT2D eigenvalue weighted by Gasteiger charge is 2.16. The summed E-state index contributed by atoms with van der Waals surface area (Å²) in [6, 6.07) is 7.99. The number of benzene rings is 1. The molecule has 0 aliphatic carbocycles. The van der Waals surface area contributed by atoms with Crippen LogP contribution >= 0.6 is 15.9 Å². The van der Waals surface area contributed by atoms with Crippen LogP contribution in [0.5, 0.6) is 0 Å². The van der Waals surface area contributed by atoms with Gasteiger partial charge in [-0.1, -0.05) is 12.1 Å². The lowest BCUT2D eigenvalue weighted by molar-refractivity contribution is 0.0774. The third-order valence-corrected chi connectivity index (χ3v) is 3.54. The minimum atomic E-state index is -0.272. The van der Waals surface area contributed by atoms with E-state index >= 15 is 0 Å². The Balaban J connectivity index is 2.14. The van der Waals surface area contributed by atoms with E-state index in [1.54, 1.807) is 24.1 Å². The van der Waals surface area contributed by atoms with Gasteiger partial charge in [-0.15, -0.1) is 0 Å². The summed E-state index contributed by atoms with van der Waals surface area (Å²) in [4.78, 5) is 14.0. The van der Waals surface area contributed by atoms with Gasteiger partial charge in [-0.25, -0.2) is 4.39 Å². The first-order chi connectivity index (χ1) is 9.51. The lowest BCUT2D eigenvalue weighted by atomic mass is 10.2. The topological polar surface area (TPSA) is 25.2 Å². The van der Waals surface area contributed by atoms with Crippen molar-refractivity contribution in [3.8, 4) is 0 Å². The second kappa shape index (κ2) is 6.22.